The SMILES string of the molecule is CCCCCCCCCCCCCC[C@@H](C)[C@@H](C)[C@H](CO[C@H]1OC2COC(c3ccccc3)O[C@@H]2[C@H](C)C1C)N=[N+]=[N-]. The first-order valence-corrected chi connectivity index (χ1v) is 17.1. The minimum absolute atomic E-state index is 0.0544. The van der Waals surface area contributed by atoms with Crippen LogP contribution in [0.2, 0.25) is 0 Å². The smallest absolute Gasteiger partial charge is 0.184 e. The summed E-state index contributed by atoms with van der Waals surface area (Å²) in [6.45, 7) is 12.0. The van der Waals surface area contributed by atoms with Crippen molar-refractivity contribution in [2.75, 3.05) is 13.2 Å². The molecule has 0 saturated carbocycles. The average molecular weight is 586 g/mol. The van der Waals surface area contributed by atoms with Crippen molar-refractivity contribution in [2.45, 2.75) is 149 Å². The molecule has 0 aromatic heterocycles. The maximum absolute atomic E-state index is 9.30. The van der Waals surface area contributed by atoms with Gasteiger partial charge in [0, 0.05) is 16.4 Å². The molecule has 238 valence electrons. The molecular weight excluding hydrogens is 526 g/mol. The number of fused-ring (bicyclic) bond motifs is 1. The fourth-order valence-corrected chi connectivity index (χ4v) is 6.44. The Bertz CT molecular complexity index is 893. The van der Waals surface area contributed by atoms with E-state index in [4.69, 9.17) is 18.9 Å². The highest BCUT2D eigenvalue weighted by atomic mass is 16.7. The number of rotatable bonds is 20. The molecule has 0 bridgehead atoms. The Morgan fingerprint density at radius 2 is 1.50 bits per heavy atom. The lowest BCUT2D eigenvalue weighted by atomic mass is 9.84. The molecule has 2 fully saturated rings. The Kier molecular flexibility index (Phi) is 16.3. The Balaban J connectivity index is 1.35. The summed E-state index contributed by atoms with van der Waals surface area (Å²) in [4.78, 5) is 3.17. The largest absolute Gasteiger partial charge is 0.352 e. The van der Waals surface area contributed by atoms with E-state index in [1.54, 1.807) is 0 Å². The van der Waals surface area contributed by atoms with Crippen molar-refractivity contribution >= 4 is 0 Å². The zero-order valence-electron chi connectivity index (χ0n) is 27.2. The molecule has 7 nitrogen and oxygen atoms in total. The molecule has 0 amide bonds. The van der Waals surface area contributed by atoms with Crippen molar-refractivity contribution in [2.24, 2.45) is 28.8 Å². The first-order chi connectivity index (χ1) is 20.5. The number of benzene rings is 1. The van der Waals surface area contributed by atoms with Crippen molar-refractivity contribution in [3.63, 3.8) is 0 Å². The molecule has 1 aromatic rings. The molecule has 2 aliphatic rings. The molecule has 2 saturated heterocycles. The second-order valence-corrected chi connectivity index (χ2v) is 13.1. The van der Waals surface area contributed by atoms with Crippen LogP contribution in [-0.4, -0.2) is 37.8 Å². The lowest BCUT2D eigenvalue weighted by Crippen LogP contribution is -2.56. The lowest BCUT2D eigenvalue weighted by molar-refractivity contribution is -0.343. The molecule has 2 heterocycles. The van der Waals surface area contributed by atoms with Gasteiger partial charge in [-0.15, -0.1) is 0 Å². The van der Waals surface area contributed by atoms with Crippen LogP contribution in [0.3, 0.4) is 0 Å². The van der Waals surface area contributed by atoms with Crippen molar-refractivity contribution in [3.8, 4) is 0 Å². The molecule has 7 heteroatoms. The molecule has 42 heavy (non-hydrogen) atoms. The van der Waals surface area contributed by atoms with Gasteiger partial charge in [-0.25, -0.2) is 0 Å². The molecule has 9 atom stereocenters. The van der Waals surface area contributed by atoms with Crippen LogP contribution >= 0.6 is 0 Å². The van der Waals surface area contributed by atoms with Gasteiger partial charge in [0.2, 0.25) is 0 Å². The summed E-state index contributed by atoms with van der Waals surface area (Å²) in [5, 5.41) is 4.16. The highest BCUT2D eigenvalue weighted by Crippen LogP contribution is 2.39. The standard InChI is InChI=1S/C35H59N3O4/c1-6-7-8-9-10-11-12-13-14-15-16-18-21-26(2)27(3)31(37-38-36)24-39-34-29(5)28(4)33-32(41-34)25-40-35(42-33)30-22-19-17-20-23-30/h17,19-20,22-23,26-29,31-35H,6-16,18,21,24-25H2,1-5H3/t26-,27-,28-,29?,31+,32?,33-,34+,35?/m1/s1. The van der Waals surface area contributed by atoms with E-state index in [0.717, 1.165) is 12.0 Å². The van der Waals surface area contributed by atoms with Gasteiger partial charge >= 0.3 is 0 Å². The Hall–Kier alpha value is -1.63. The lowest BCUT2D eigenvalue weighted by Gasteiger charge is -2.48. The normalized spacial score (nSPS) is 27.9. The van der Waals surface area contributed by atoms with Crippen LogP contribution in [0.5, 0.6) is 0 Å². The number of hydrogen-bond donors (Lipinski definition) is 0. The Labute approximate surface area is 256 Å². The number of unbranched alkanes of at least 4 members (excludes halogenated alkanes) is 11. The second kappa shape index (κ2) is 19.6. The van der Waals surface area contributed by atoms with E-state index in [1.165, 1.54) is 77.0 Å². The van der Waals surface area contributed by atoms with E-state index in [2.05, 4.69) is 44.6 Å². The molecule has 2 aliphatic heterocycles. The first-order valence-electron chi connectivity index (χ1n) is 17.1. The van der Waals surface area contributed by atoms with Gasteiger partial charge < -0.3 is 18.9 Å². The maximum atomic E-state index is 9.30. The number of ether oxygens (including phenoxy) is 4. The number of hydrogen-bond acceptors (Lipinski definition) is 5. The quantitative estimate of drug-likeness (QED) is 0.0659. The predicted molar refractivity (Wildman–Crippen MR) is 170 cm³/mol. The molecule has 0 spiro atoms. The van der Waals surface area contributed by atoms with E-state index in [1.807, 2.05) is 30.3 Å². The number of nitrogens with zero attached hydrogens (tertiary/aromatic N) is 3. The highest BCUT2D eigenvalue weighted by Gasteiger charge is 2.46. The summed E-state index contributed by atoms with van der Waals surface area (Å²) in [6.07, 6.45) is 16.5. The summed E-state index contributed by atoms with van der Waals surface area (Å²) in [6, 6.07) is 9.85. The van der Waals surface area contributed by atoms with Crippen molar-refractivity contribution in [1.82, 2.24) is 0 Å². The maximum Gasteiger partial charge on any atom is 0.184 e. The summed E-state index contributed by atoms with van der Waals surface area (Å²) >= 11 is 0. The van der Waals surface area contributed by atoms with E-state index in [-0.39, 0.29) is 48.6 Å². The van der Waals surface area contributed by atoms with Gasteiger partial charge in [-0.3, -0.25) is 0 Å². The first kappa shape index (κ1) is 34.9. The predicted octanol–water partition coefficient (Wildman–Crippen LogP) is 10.2. The van der Waals surface area contributed by atoms with Gasteiger partial charge in [0.05, 0.1) is 25.4 Å². The van der Waals surface area contributed by atoms with Gasteiger partial charge in [0.1, 0.15) is 6.10 Å². The third-order valence-corrected chi connectivity index (χ3v) is 9.87. The van der Waals surface area contributed by atoms with E-state index >= 15 is 0 Å². The van der Waals surface area contributed by atoms with Crippen LogP contribution in [0, 0.1) is 23.7 Å². The molecule has 1 aromatic carbocycles. The van der Waals surface area contributed by atoms with E-state index < -0.39 is 0 Å². The topological polar surface area (TPSA) is 85.7 Å². The fourth-order valence-electron chi connectivity index (χ4n) is 6.44. The highest BCUT2D eigenvalue weighted by molar-refractivity contribution is 5.16. The average Bonchev–Trinajstić information content (AvgIpc) is 3.01. The van der Waals surface area contributed by atoms with Gasteiger partial charge in [-0.05, 0) is 23.3 Å². The summed E-state index contributed by atoms with van der Waals surface area (Å²) in [5.41, 5.74) is 10.3. The molecule has 0 radical (unpaired) electrons. The van der Waals surface area contributed by atoms with Crippen molar-refractivity contribution in [3.05, 3.63) is 46.3 Å². The summed E-state index contributed by atoms with van der Waals surface area (Å²) < 4.78 is 25.1. The van der Waals surface area contributed by atoms with E-state index in [9.17, 15) is 5.53 Å². The van der Waals surface area contributed by atoms with Crippen LogP contribution in [0.1, 0.15) is 130 Å². The van der Waals surface area contributed by atoms with Gasteiger partial charge in [-0.2, -0.15) is 0 Å². The van der Waals surface area contributed by atoms with E-state index in [0.29, 0.717) is 19.1 Å². The van der Waals surface area contributed by atoms with Gasteiger partial charge in [-0.1, -0.05) is 154 Å². The third-order valence-electron chi connectivity index (χ3n) is 9.87. The van der Waals surface area contributed by atoms with Crippen molar-refractivity contribution < 1.29 is 18.9 Å². The molecular formula is C35H59N3O4. The fraction of sp³-hybridized carbons (Fsp3) is 0.829. The zero-order valence-corrected chi connectivity index (χ0v) is 27.2. The third kappa shape index (κ3) is 11.1. The summed E-state index contributed by atoms with van der Waals surface area (Å²) in [7, 11) is 0. The zero-order chi connectivity index (χ0) is 30.2. The number of azide groups is 1. The molecule has 3 unspecified atom stereocenters. The van der Waals surface area contributed by atoms with Gasteiger partial charge in [0.25, 0.3) is 0 Å². The second-order valence-electron chi connectivity index (χ2n) is 13.1. The van der Waals surface area contributed by atoms with Gasteiger partial charge in [0.15, 0.2) is 12.6 Å². The monoisotopic (exact) mass is 585 g/mol. The molecule has 0 aliphatic carbocycles. The van der Waals surface area contributed by atoms with Crippen LogP contribution in [-0.2, 0) is 18.9 Å². The molecule has 0 N–H and O–H groups in total. The minimum atomic E-state index is -0.378. The van der Waals surface area contributed by atoms with Crippen LogP contribution in [0.25, 0.3) is 10.4 Å². The molecule has 3 rings (SSSR count). The van der Waals surface area contributed by atoms with Crippen LogP contribution in [0.4, 0.5) is 0 Å². The Morgan fingerprint density at radius 3 is 2.12 bits per heavy atom. The van der Waals surface area contributed by atoms with Crippen LogP contribution < -0.4 is 0 Å². The van der Waals surface area contributed by atoms with Crippen molar-refractivity contribution in [1.29, 1.82) is 0 Å². The Morgan fingerprint density at radius 1 is 0.881 bits per heavy atom. The minimum Gasteiger partial charge on any atom is -0.352 e. The van der Waals surface area contributed by atoms with Crippen LogP contribution in [0.15, 0.2) is 35.4 Å². The summed E-state index contributed by atoms with van der Waals surface area (Å²) in [5.74, 6) is 1.09.